The molecule has 0 amide bonds. The highest BCUT2D eigenvalue weighted by molar-refractivity contribution is 7.80. The van der Waals surface area contributed by atoms with Gasteiger partial charge in [0.25, 0.3) is 0 Å². The van der Waals surface area contributed by atoms with Crippen molar-refractivity contribution in [2.24, 2.45) is 0 Å². The Balaban J connectivity index is 2.43. The second-order valence-electron chi connectivity index (χ2n) is 4.37. The van der Waals surface area contributed by atoms with Crippen LogP contribution < -0.4 is 10.6 Å². The first kappa shape index (κ1) is 14.3. The van der Waals surface area contributed by atoms with Crippen molar-refractivity contribution in [3.05, 3.63) is 41.1 Å². The predicted molar refractivity (Wildman–Crippen MR) is 79.1 cm³/mol. The van der Waals surface area contributed by atoms with Crippen LogP contribution in [0.25, 0.3) is 0 Å². The van der Waals surface area contributed by atoms with Crippen LogP contribution in [0.3, 0.4) is 0 Å². The number of phenolic OH excluding ortho intramolecular Hbond substituents is 1. The van der Waals surface area contributed by atoms with Crippen molar-refractivity contribution in [1.29, 1.82) is 0 Å². The maximum absolute atomic E-state index is 11.9. The van der Waals surface area contributed by atoms with Gasteiger partial charge in [-0.05, 0) is 37.7 Å². The molecule has 0 spiro atoms. The van der Waals surface area contributed by atoms with Gasteiger partial charge in [0.15, 0.2) is 5.11 Å². The van der Waals surface area contributed by atoms with Crippen molar-refractivity contribution < 1.29 is 14.6 Å². The standard InChI is InChI=1S/C14H16N2O3S/c1-3-19-13(18)12-8(2)11(15-14(20)16-12)9-6-4-5-7-10(9)17/h4-7,11,17H,3H2,1-2H3,(H2,15,16,20). The summed E-state index contributed by atoms with van der Waals surface area (Å²) in [5.41, 5.74) is 1.71. The molecule has 0 fully saturated rings. The molecule has 1 aliphatic heterocycles. The monoisotopic (exact) mass is 292 g/mol. The van der Waals surface area contributed by atoms with E-state index in [1.807, 2.05) is 6.07 Å². The second-order valence-corrected chi connectivity index (χ2v) is 4.78. The van der Waals surface area contributed by atoms with E-state index in [-0.39, 0.29) is 11.8 Å². The van der Waals surface area contributed by atoms with Gasteiger partial charge < -0.3 is 20.5 Å². The van der Waals surface area contributed by atoms with Crippen LogP contribution in [0.1, 0.15) is 25.5 Å². The van der Waals surface area contributed by atoms with E-state index in [0.717, 1.165) is 5.57 Å². The smallest absolute Gasteiger partial charge is 0.354 e. The summed E-state index contributed by atoms with van der Waals surface area (Å²) in [5.74, 6) is -0.300. The second kappa shape index (κ2) is 5.92. The summed E-state index contributed by atoms with van der Waals surface area (Å²) in [6.07, 6.45) is 0. The highest BCUT2D eigenvalue weighted by Crippen LogP contribution is 2.31. The van der Waals surface area contributed by atoms with E-state index in [0.29, 0.717) is 23.0 Å². The van der Waals surface area contributed by atoms with Gasteiger partial charge in [-0.1, -0.05) is 18.2 Å². The number of rotatable bonds is 3. The number of benzene rings is 1. The summed E-state index contributed by atoms with van der Waals surface area (Å²) < 4.78 is 5.01. The van der Waals surface area contributed by atoms with Gasteiger partial charge in [-0.3, -0.25) is 0 Å². The average molecular weight is 292 g/mol. The van der Waals surface area contributed by atoms with Crippen LogP contribution in [-0.2, 0) is 9.53 Å². The SMILES string of the molecule is CCOC(=O)C1=C(C)C(c2ccccc2O)NC(=S)N1. The minimum absolute atomic E-state index is 0.150. The molecule has 1 aromatic rings. The average Bonchev–Trinajstić information content (AvgIpc) is 2.42. The van der Waals surface area contributed by atoms with Gasteiger partial charge in [0.05, 0.1) is 12.6 Å². The number of carbonyl (C=O) groups excluding carboxylic acids is 1. The van der Waals surface area contributed by atoms with E-state index in [1.165, 1.54) is 0 Å². The Morgan fingerprint density at radius 1 is 1.45 bits per heavy atom. The topological polar surface area (TPSA) is 70.6 Å². The fourth-order valence-electron chi connectivity index (χ4n) is 2.09. The van der Waals surface area contributed by atoms with E-state index in [9.17, 15) is 9.90 Å². The molecule has 6 heteroatoms. The highest BCUT2D eigenvalue weighted by Gasteiger charge is 2.29. The van der Waals surface area contributed by atoms with Crippen molar-refractivity contribution in [3.63, 3.8) is 0 Å². The number of carbonyl (C=O) groups is 1. The Morgan fingerprint density at radius 2 is 2.15 bits per heavy atom. The zero-order valence-corrected chi connectivity index (χ0v) is 12.1. The molecule has 1 heterocycles. The number of aromatic hydroxyl groups is 1. The molecule has 1 atom stereocenters. The third kappa shape index (κ3) is 2.75. The van der Waals surface area contributed by atoms with Crippen LogP contribution in [0.15, 0.2) is 35.5 Å². The third-order valence-electron chi connectivity index (χ3n) is 3.07. The maximum atomic E-state index is 11.9. The summed E-state index contributed by atoms with van der Waals surface area (Å²) >= 11 is 5.11. The fourth-order valence-corrected chi connectivity index (χ4v) is 2.31. The molecule has 0 bridgehead atoms. The molecular weight excluding hydrogens is 276 g/mol. The predicted octanol–water partition coefficient (Wildman–Crippen LogP) is 1.75. The van der Waals surface area contributed by atoms with Crippen LogP contribution in [-0.4, -0.2) is 22.8 Å². The van der Waals surface area contributed by atoms with Crippen molar-refractivity contribution >= 4 is 23.3 Å². The van der Waals surface area contributed by atoms with Crippen LogP contribution in [0.5, 0.6) is 5.75 Å². The molecule has 1 unspecified atom stereocenters. The quantitative estimate of drug-likeness (QED) is 0.582. The van der Waals surface area contributed by atoms with E-state index in [4.69, 9.17) is 17.0 Å². The van der Waals surface area contributed by atoms with Crippen LogP contribution in [0, 0.1) is 0 Å². The summed E-state index contributed by atoms with van der Waals surface area (Å²) in [4.78, 5) is 11.9. The molecule has 0 saturated heterocycles. The van der Waals surface area contributed by atoms with Gasteiger partial charge in [-0.2, -0.15) is 0 Å². The Hall–Kier alpha value is -2.08. The lowest BCUT2D eigenvalue weighted by Crippen LogP contribution is -2.45. The molecule has 0 aliphatic carbocycles. The van der Waals surface area contributed by atoms with E-state index < -0.39 is 5.97 Å². The molecule has 20 heavy (non-hydrogen) atoms. The summed E-state index contributed by atoms with van der Waals surface area (Å²) in [7, 11) is 0. The van der Waals surface area contributed by atoms with Gasteiger partial charge in [0, 0.05) is 5.56 Å². The summed E-state index contributed by atoms with van der Waals surface area (Å²) in [6, 6.07) is 6.58. The first-order valence-electron chi connectivity index (χ1n) is 6.28. The number of esters is 1. The molecule has 0 aromatic heterocycles. The number of para-hydroxylation sites is 1. The molecule has 0 saturated carbocycles. The Kier molecular flexibility index (Phi) is 4.24. The fraction of sp³-hybridized carbons (Fsp3) is 0.286. The first-order chi connectivity index (χ1) is 9.54. The first-order valence-corrected chi connectivity index (χ1v) is 6.68. The van der Waals surface area contributed by atoms with E-state index >= 15 is 0 Å². The van der Waals surface area contributed by atoms with Crippen molar-refractivity contribution in [3.8, 4) is 5.75 Å². The van der Waals surface area contributed by atoms with Gasteiger partial charge >= 0.3 is 5.97 Å². The number of hydrogen-bond acceptors (Lipinski definition) is 4. The van der Waals surface area contributed by atoms with Crippen LogP contribution in [0.4, 0.5) is 0 Å². The number of hydrogen-bond donors (Lipinski definition) is 3. The summed E-state index contributed by atoms with van der Waals surface area (Å²) in [6.45, 7) is 3.83. The van der Waals surface area contributed by atoms with E-state index in [1.54, 1.807) is 32.0 Å². The Labute approximate surface area is 122 Å². The lowest BCUT2D eigenvalue weighted by Gasteiger charge is -2.29. The Bertz CT molecular complexity index is 584. The third-order valence-corrected chi connectivity index (χ3v) is 3.29. The molecule has 0 radical (unpaired) electrons. The van der Waals surface area contributed by atoms with Crippen LogP contribution in [0.2, 0.25) is 0 Å². The van der Waals surface area contributed by atoms with Crippen molar-refractivity contribution in [1.82, 2.24) is 10.6 Å². The summed E-state index contributed by atoms with van der Waals surface area (Å²) in [5, 5.41) is 16.1. The Morgan fingerprint density at radius 3 is 2.80 bits per heavy atom. The molecule has 2 rings (SSSR count). The zero-order valence-electron chi connectivity index (χ0n) is 11.3. The largest absolute Gasteiger partial charge is 0.508 e. The minimum Gasteiger partial charge on any atom is -0.508 e. The lowest BCUT2D eigenvalue weighted by atomic mass is 9.96. The number of phenols is 1. The molecule has 5 nitrogen and oxygen atoms in total. The van der Waals surface area contributed by atoms with Gasteiger partial charge in [-0.15, -0.1) is 0 Å². The maximum Gasteiger partial charge on any atom is 0.354 e. The molecule has 1 aromatic carbocycles. The minimum atomic E-state index is -0.450. The number of nitrogens with one attached hydrogen (secondary N) is 2. The zero-order chi connectivity index (χ0) is 14.7. The van der Waals surface area contributed by atoms with Gasteiger partial charge in [0.1, 0.15) is 11.4 Å². The normalized spacial score (nSPS) is 18.3. The molecule has 1 aliphatic rings. The number of thiocarbonyl (C=S) groups is 1. The molecule has 3 N–H and O–H groups in total. The van der Waals surface area contributed by atoms with Gasteiger partial charge in [0.2, 0.25) is 0 Å². The van der Waals surface area contributed by atoms with Crippen molar-refractivity contribution in [2.45, 2.75) is 19.9 Å². The van der Waals surface area contributed by atoms with E-state index in [2.05, 4.69) is 10.6 Å². The van der Waals surface area contributed by atoms with Crippen LogP contribution >= 0.6 is 12.2 Å². The highest BCUT2D eigenvalue weighted by atomic mass is 32.1. The molecule has 106 valence electrons. The van der Waals surface area contributed by atoms with Crippen molar-refractivity contribution in [2.75, 3.05) is 6.61 Å². The number of ether oxygens (including phenoxy) is 1. The molecular formula is C14H16N2O3S. The van der Waals surface area contributed by atoms with Gasteiger partial charge in [-0.25, -0.2) is 4.79 Å². The lowest BCUT2D eigenvalue weighted by molar-refractivity contribution is -0.138.